The minimum Gasteiger partial charge on any atom is -0.462 e. The number of rotatable bonds is 10. The number of anilines is 2. The number of thioether (sulfide) groups is 1. The SMILES string of the molecule is CCCCOC(=O)c1ccc(NC(=O)C(C)Sc2ccc(NC(=O)CC(C)(C)C)cc2)cc1. The lowest BCUT2D eigenvalue weighted by atomic mass is 9.92. The van der Waals surface area contributed by atoms with Gasteiger partial charge in [-0.05, 0) is 67.3 Å². The van der Waals surface area contributed by atoms with E-state index in [0.29, 0.717) is 24.3 Å². The van der Waals surface area contributed by atoms with Crippen LogP contribution in [0.5, 0.6) is 0 Å². The molecule has 33 heavy (non-hydrogen) atoms. The summed E-state index contributed by atoms with van der Waals surface area (Å²) in [6, 6.07) is 14.1. The van der Waals surface area contributed by atoms with Gasteiger partial charge in [-0.1, -0.05) is 34.1 Å². The number of amides is 2. The molecule has 0 aliphatic rings. The molecule has 7 heteroatoms. The van der Waals surface area contributed by atoms with Crippen LogP contribution in [0.3, 0.4) is 0 Å². The van der Waals surface area contributed by atoms with Crippen molar-refractivity contribution in [3.05, 3.63) is 54.1 Å². The molecular weight excluding hydrogens is 436 g/mol. The van der Waals surface area contributed by atoms with Crippen molar-refractivity contribution in [2.45, 2.75) is 64.0 Å². The summed E-state index contributed by atoms with van der Waals surface area (Å²) in [6.07, 6.45) is 2.25. The van der Waals surface area contributed by atoms with Crippen molar-refractivity contribution >= 4 is 40.9 Å². The Bertz CT molecular complexity index is 934. The summed E-state index contributed by atoms with van der Waals surface area (Å²) in [5, 5.41) is 5.44. The Morgan fingerprint density at radius 3 is 2.09 bits per heavy atom. The van der Waals surface area contributed by atoms with Gasteiger partial charge in [0, 0.05) is 22.7 Å². The molecule has 0 bridgehead atoms. The first-order valence-corrected chi connectivity index (χ1v) is 12.1. The van der Waals surface area contributed by atoms with Gasteiger partial charge in [-0.15, -0.1) is 11.8 Å². The Kier molecular flexibility index (Phi) is 9.97. The summed E-state index contributed by atoms with van der Waals surface area (Å²) in [5.74, 6) is -0.514. The van der Waals surface area contributed by atoms with Gasteiger partial charge in [0.1, 0.15) is 0 Å². The molecule has 0 radical (unpaired) electrons. The number of unbranched alkanes of at least 4 members (excludes halogenated alkanes) is 1. The van der Waals surface area contributed by atoms with Crippen molar-refractivity contribution in [1.29, 1.82) is 0 Å². The Hall–Kier alpha value is -2.80. The smallest absolute Gasteiger partial charge is 0.338 e. The van der Waals surface area contributed by atoms with Crippen molar-refractivity contribution in [2.75, 3.05) is 17.2 Å². The van der Waals surface area contributed by atoms with Crippen LogP contribution in [-0.2, 0) is 14.3 Å². The van der Waals surface area contributed by atoms with Gasteiger partial charge in [0.05, 0.1) is 17.4 Å². The third-order valence-electron chi connectivity index (χ3n) is 4.63. The monoisotopic (exact) mass is 470 g/mol. The Balaban J connectivity index is 1.85. The first kappa shape index (κ1) is 26.5. The highest BCUT2D eigenvalue weighted by Crippen LogP contribution is 2.26. The van der Waals surface area contributed by atoms with Crippen molar-refractivity contribution in [1.82, 2.24) is 0 Å². The number of hydrogen-bond donors (Lipinski definition) is 2. The van der Waals surface area contributed by atoms with Gasteiger partial charge >= 0.3 is 5.97 Å². The molecule has 0 saturated carbocycles. The zero-order valence-electron chi connectivity index (χ0n) is 20.1. The molecule has 0 fully saturated rings. The Labute approximate surface area is 200 Å². The topological polar surface area (TPSA) is 84.5 Å². The summed E-state index contributed by atoms with van der Waals surface area (Å²) in [7, 11) is 0. The number of benzene rings is 2. The fourth-order valence-corrected chi connectivity index (χ4v) is 3.75. The van der Waals surface area contributed by atoms with Crippen LogP contribution in [0.1, 0.15) is 64.2 Å². The van der Waals surface area contributed by atoms with E-state index in [1.54, 1.807) is 24.3 Å². The van der Waals surface area contributed by atoms with Gasteiger partial charge in [-0.3, -0.25) is 9.59 Å². The average molecular weight is 471 g/mol. The molecule has 0 aliphatic carbocycles. The van der Waals surface area contributed by atoms with Gasteiger partial charge < -0.3 is 15.4 Å². The zero-order valence-corrected chi connectivity index (χ0v) is 20.9. The number of carbonyl (C=O) groups is 3. The van der Waals surface area contributed by atoms with Gasteiger partial charge in [0.15, 0.2) is 0 Å². The highest BCUT2D eigenvalue weighted by atomic mass is 32.2. The highest BCUT2D eigenvalue weighted by molar-refractivity contribution is 8.00. The van der Waals surface area contributed by atoms with Gasteiger partial charge in [0.25, 0.3) is 0 Å². The van der Waals surface area contributed by atoms with Crippen LogP contribution < -0.4 is 10.6 Å². The second-order valence-electron chi connectivity index (χ2n) is 9.13. The molecule has 2 rings (SSSR count). The average Bonchev–Trinajstić information content (AvgIpc) is 2.74. The van der Waals surface area contributed by atoms with E-state index in [2.05, 4.69) is 10.6 Å². The molecular formula is C26H34N2O4S. The van der Waals surface area contributed by atoms with Crippen molar-refractivity contribution < 1.29 is 19.1 Å². The minimum atomic E-state index is -0.358. The second-order valence-corrected chi connectivity index (χ2v) is 10.5. The van der Waals surface area contributed by atoms with Crippen LogP contribution in [0.2, 0.25) is 0 Å². The first-order valence-electron chi connectivity index (χ1n) is 11.2. The molecule has 0 saturated heterocycles. The number of nitrogens with one attached hydrogen (secondary N) is 2. The standard InChI is InChI=1S/C26H34N2O4S/c1-6-7-16-32-25(31)19-8-10-21(11-9-19)28-24(30)18(2)33-22-14-12-20(13-15-22)27-23(29)17-26(3,4)5/h8-15,18H,6-7,16-17H2,1-5H3,(H,27,29)(H,28,30). The van der Waals surface area contributed by atoms with E-state index in [-0.39, 0.29) is 28.4 Å². The number of esters is 1. The normalized spacial score (nSPS) is 12.0. The maximum atomic E-state index is 12.6. The van der Waals surface area contributed by atoms with Gasteiger partial charge in [-0.25, -0.2) is 4.79 Å². The fraction of sp³-hybridized carbons (Fsp3) is 0.423. The largest absolute Gasteiger partial charge is 0.462 e. The van der Waals surface area contributed by atoms with E-state index in [4.69, 9.17) is 4.74 Å². The van der Waals surface area contributed by atoms with Crippen molar-refractivity contribution in [2.24, 2.45) is 5.41 Å². The zero-order chi connectivity index (χ0) is 24.4. The molecule has 2 aromatic rings. The molecule has 0 spiro atoms. The van der Waals surface area contributed by atoms with Crippen LogP contribution in [0.15, 0.2) is 53.4 Å². The quantitative estimate of drug-likeness (QED) is 0.248. The van der Waals surface area contributed by atoms with E-state index in [9.17, 15) is 14.4 Å². The van der Waals surface area contributed by atoms with E-state index in [1.165, 1.54) is 11.8 Å². The third kappa shape index (κ3) is 9.70. The van der Waals surface area contributed by atoms with Gasteiger partial charge in [0.2, 0.25) is 11.8 Å². The van der Waals surface area contributed by atoms with Crippen LogP contribution in [-0.4, -0.2) is 29.6 Å². The fourth-order valence-electron chi connectivity index (χ4n) is 2.89. The predicted octanol–water partition coefficient (Wildman–Crippen LogP) is 6.14. The lowest BCUT2D eigenvalue weighted by Gasteiger charge is -2.17. The molecule has 0 aromatic heterocycles. The molecule has 2 amide bonds. The number of ether oxygens (including phenoxy) is 1. The number of carbonyl (C=O) groups excluding carboxylic acids is 3. The first-order chi connectivity index (χ1) is 15.6. The molecule has 2 N–H and O–H groups in total. The predicted molar refractivity (Wildman–Crippen MR) is 135 cm³/mol. The molecule has 0 heterocycles. The lowest BCUT2D eigenvalue weighted by molar-refractivity contribution is -0.118. The summed E-state index contributed by atoms with van der Waals surface area (Å²) < 4.78 is 5.19. The van der Waals surface area contributed by atoms with E-state index < -0.39 is 0 Å². The summed E-state index contributed by atoms with van der Waals surface area (Å²) in [4.78, 5) is 37.6. The molecule has 1 unspecified atom stereocenters. The van der Waals surface area contributed by atoms with Crippen molar-refractivity contribution in [3.8, 4) is 0 Å². The van der Waals surface area contributed by atoms with Crippen LogP contribution >= 0.6 is 11.8 Å². The maximum absolute atomic E-state index is 12.6. The van der Waals surface area contributed by atoms with Crippen LogP contribution in [0, 0.1) is 5.41 Å². The third-order valence-corrected chi connectivity index (χ3v) is 5.74. The minimum absolute atomic E-state index is 0.0177. The lowest BCUT2D eigenvalue weighted by Crippen LogP contribution is -2.22. The van der Waals surface area contributed by atoms with Crippen molar-refractivity contribution in [3.63, 3.8) is 0 Å². The number of hydrogen-bond acceptors (Lipinski definition) is 5. The Morgan fingerprint density at radius 2 is 1.52 bits per heavy atom. The van der Waals surface area contributed by atoms with E-state index in [1.807, 2.05) is 58.9 Å². The summed E-state index contributed by atoms with van der Waals surface area (Å²) in [6.45, 7) is 10.3. The molecule has 2 aromatic carbocycles. The van der Waals surface area contributed by atoms with Crippen LogP contribution in [0.4, 0.5) is 11.4 Å². The summed E-state index contributed by atoms with van der Waals surface area (Å²) in [5.41, 5.74) is 1.75. The second kappa shape index (κ2) is 12.4. The summed E-state index contributed by atoms with van der Waals surface area (Å²) >= 11 is 1.43. The van der Waals surface area contributed by atoms with E-state index >= 15 is 0 Å². The van der Waals surface area contributed by atoms with Gasteiger partial charge in [-0.2, -0.15) is 0 Å². The highest BCUT2D eigenvalue weighted by Gasteiger charge is 2.17. The van der Waals surface area contributed by atoms with Crippen LogP contribution in [0.25, 0.3) is 0 Å². The molecule has 6 nitrogen and oxygen atoms in total. The maximum Gasteiger partial charge on any atom is 0.338 e. The molecule has 178 valence electrons. The molecule has 0 aliphatic heterocycles. The molecule has 1 atom stereocenters. The Morgan fingerprint density at radius 1 is 0.939 bits per heavy atom. The van der Waals surface area contributed by atoms with E-state index in [0.717, 1.165) is 23.4 Å².